The van der Waals surface area contributed by atoms with E-state index in [9.17, 15) is 9.59 Å². The number of nitrogens with zero attached hydrogens (tertiary/aromatic N) is 4. The molecule has 2 aromatic carbocycles. The number of carbonyl (C=O) groups excluding carboxylic acids is 2. The van der Waals surface area contributed by atoms with E-state index in [0.717, 1.165) is 11.3 Å². The van der Waals surface area contributed by atoms with Crippen molar-refractivity contribution >= 4 is 23.6 Å². The third kappa shape index (κ3) is 2.62. The van der Waals surface area contributed by atoms with Gasteiger partial charge in [-0.2, -0.15) is 0 Å². The third-order valence-corrected chi connectivity index (χ3v) is 5.02. The van der Waals surface area contributed by atoms with Crippen LogP contribution in [0.3, 0.4) is 0 Å². The van der Waals surface area contributed by atoms with Crippen LogP contribution in [-0.2, 0) is 0 Å². The minimum absolute atomic E-state index is 0.191. The van der Waals surface area contributed by atoms with Crippen LogP contribution in [0.5, 0.6) is 0 Å². The van der Waals surface area contributed by atoms with Gasteiger partial charge in [0.05, 0.1) is 22.7 Å². The van der Waals surface area contributed by atoms with Gasteiger partial charge in [-0.05, 0) is 30.7 Å². The molecule has 0 unspecified atom stereocenters. The van der Waals surface area contributed by atoms with Gasteiger partial charge in [0.25, 0.3) is 11.8 Å². The summed E-state index contributed by atoms with van der Waals surface area (Å²) < 4.78 is 1.86. The molecule has 2 amide bonds. The summed E-state index contributed by atoms with van der Waals surface area (Å²) in [6, 6.07) is 14.8. The standard InChI is InChI=1S/C18H14N4O2S/c1-12-6-2-5-9-15(12)21-10-19-20-18(21)25-11-22-16(23)13-7-3-4-8-14(13)17(22)24/h2-10H,11H2,1H3. The van der Waals surface area contributed by atoms with Gasteiger partial charge in [0.1, 0.15) is 6.33 Å². The van der Waals surface area contributed by atoms with Crippen LogP contribution in [0.1, 0.15) is 26.3 Å². The molecule has 4 rings (SSSR count). The summed E-state index contributed by atoms with van der Waals surface area (Å²) >= 11 is 1.31. The van der Waals surface area contributed by atoms with Crippen molar-refractivity contribution in [1.29, 1.82) is 0 Å². The van der Waals surface area contributed by atoms with Crippen molar-refractivity contribution in [2.45, 2.75) is 12.1 Å². The molecule has 0 spiro atoms. The first kappa shape index (κ1) is 15.6. The van der Waals surface area contributed by atoms with Gasteiger partial charge in [-0.1, -0.05) is 42.1 Å². The average Bonchev–Trinajstić information content (AvgIpc) is 3.18. The number of para-hydroxylation sites is 1. The quantitative estimate of drug-likeness (QED) is 0.535. The maximum Gasteiger partial charge on any atom is 0.262 e. The lowest BCUT2D eigenvalue weighted by atomic mass is 10.1. The molecule has 3 aromatic rings. The van der Waals surface area contributed by atoms with Gasteiger partial charge in [-0.15, -0.1) is 10.2 Å². The van der Waals surface area contributed by atoms with Crippen LogP contribution >= 0.6 is 11.8 Å². The maximum atomic E-state index is 12.4. The minimum atomic E-state index is -0.268. The molecule has 0 saturated heterocycles. The molecule has 7 heteroatoms. The zero-order valence-corrected chi connectivity index (χ0v) is 14.2. The van der Waals surface area contributed by atoms with Gasteiger partial charge >= 0.3 is 0 Å². The molecule has 1 aliphatic heterocycles. The number of benzene rings is 2. The summed E-state index contributed by atoms with van der Waals surface area (Å²) in [6.07, 6.45) is 1.63. The van der Waals surface area contributed by atoms with Crippen LogP contribution in [0, 0.1) is 6.92 Å². The molecule has 0 radical (unpaired) electrons. The number of rotatable bonds is 4. The molecule has 0 atom stereocenters. The van der Waals surface area contributed by atoms with Crippen LogP contribution in [0.15, 0.2) is 60.0 Å². The average molecular weight is 350 g/mol. The number of amides is 2. The third-order valence-electron chi connectivity index (χ3n) is 4.09. The summed E-state index contributed by atoms with van der Waals surface area (Å²) in [5.41, 5.74) is 2.96. The van der Waals surface area contributed by atoms with E-state index in [1.165, 1.54) is 16.7 Å². The number of hydrogen-bond donors (Lipinski definition) is 0. The lowest BCUT2D eigenvalue weighted by molar-refractivity contribution is 0.0684. The first-order valence-corrected chi connectivity index (χ1v) is 8.69. The van der Waals surface area contributed by atoms with Crippen LogP contribution in [-0.4, -0.2) is 37.4 Å². The Bertz CT molecular complexity index is 947. The van der Waals surface area contributed by atoms with Crippen molar-refractivity contribution in [2.24, 2.45) is 0 Å². The largest absolute Gasteiger partial charge is 0.276 e. The van der Waals surface area contributed by atoms with E-state index in [4.69, 9.17) is 0 Å². The van der Waals surface area contributed by atoms with Crippen molar-refractivity contribution in [3.8, 4) is 5.69 Å². The van der Waals surface area contributed by atoms with Gasteiger partial charge in [-0.25, -0.2) is 0 Å². The molecule has 2 heterocycles. The predicted molar refractivity (Wildman–Crippen MR) is 93.8 cm³/mol. The highest BCUT2D eigenvalue weighted by atomic mass is 32.2. The van der Waals surface area contributed by atoms with Gasteiger partial charge in [0.15, 0.2) is 5.16 Å². The maximum absolute atomic E-state index is 12.4. The van der Waals surface area contributed by atoms with E-state index in [1.807, 2.05) is 35.8 Å². The lowest BCUT2D eigenvalue weighted by Gasteiger charge is -2.14. The summed E-state index contributed by atoms with van der Waals surface area (Å²) in [4.78, 5) is 26.1. The molecule has 0 saturated carbocycles. The Kier molecular flexibility index (Phi) is 3.85. The van der Waals surface area contributed by atoms with E-state index in [2.05, 4.69) is 10.2 Å². The van der Waals surface area contributed by atoms with E-state index in [0.29, 0.717) is 16.3 Å². The first-order chi connectivity index (χ1) is 12.2. The number of thioether (sulfide) groups is 1. The number of fused-ring (bicyclic) bond motifs is 1. The molecule has 0 aliphatic carbocycles. The molecule has 1 aliphatic rings. The molecule has 6 nitrogen and oxygen atoms in total. The predicted octanol–water partition coefficient (Wildman–Crippen LogP) is 2.92. The molecule has 124 valence electrons. The molecule has 0 N–H and O–H groups in total. The normalized spacial score (nSPS) is 13.4. The molecule has 25 heavy (non-hydrogen) atoms. The molecule has 0 fully saturated rings. The fraction of sp³-hybridized carbons (Fsp3) is 0.111. The number of hydrogen-bond acceptors (Lipinski definition) is 5. The van der Waals surface area contributed by atoms with E-state index in [-0.39, 0.29) is 17.7 Å². The molecule has 0 bridgehead atoms. The number of aryl methyl sites for hydroxylation is 1. The zero-order valence-electron chi connectivity index (χ0n) is 13.4. The SMILES string of the molecule is Cc1ccccc1-n1cnnc1SCN1C(=O)c2ccccc2C1=O. The highest BCUT2D eigenvalue weighted by Gasteiger charge is 2.35. The molecule has 1 aromatic heterocycles. The summed E-state index contributed by atoms with van der Waals surface area (Å²) in [5, 5.41) is 8.72. The second-order valence-electron chi connectivity index (χ2n) is 5.63. The topological polar surface area (TPSA) is 68.1 Å². The Hall–Kier alpha value is -2.93. The first-order valence-electron chi connectivity index (χ1n) is 7.71. The fourth-order valence-electron chi connectivity index (χ4n) is 2.80. The van der Waals surface area contributed by atoms with Crippen molar-refractivity contribution in [1.82, 2.24) is 19.7 Å². The zero-order chi connectivity index (χ0) is 17.4. The Morgan fingerprint density at radius 3 is 2.28 bits per heavy atom. The smallest absolute Gasteiger partial charge is 0.262 e. The number of imide groups is 1. The molecular formula is C18H14N4O2S. The van der Waals surface area contributed by atoms with E-state index in [1.54, 1.807) is 30.6 Å². The minimum Gasteiger partial charge on any atom is -0.276 e. The number of aromatic nitrogens is 3. The van der Waals surface area contributed by atoms with E-state index >= 15 is 0 Å². The summed E-state index contributed by atoms with van der Waals surface area (Å²) in [5.74, 6) is -0.346. The van der Waals surface area contributed by atoms with E-state index < -0.39 is 0 Å². The van der Waals surface area contributed by atoms with Crippen LogP contribution in [0.2, 0.25) is 0 Å². The summed E-state index contributed by atoms with van der Waals surface area (Å²) in [6.45, 7) is 2.01. The van der Waals surface area contributed by atoms with Gasteiger partial charge in [-0.3, -0.25) is 19.1 Å². The van der Waals surface area contributed by atoms with Crippen LogP contribution in [0.25, 0.3) is 5.69 Å². The second-order valence-corrected chi connectivity index (χ2v) is 6.54. The molecular weight excluding hydrogens is 336 g/mol. The highest BCUT2D eigenvalue weighted by Crippen LogP contribution is 2.27. The van der Waals surface area contributed by atoms with Crippen molar-refractivity contribution in [3.05, 3.63) is 71.5 Å². The second kappa shape index (κ2) is 6.18. The number of carbonyl (C=O) groups is 2. The Morgan fingerprint density at radius 2 is 1.60 bits per heavy atom. The van der Waals surface area contributed by atoms with Gasteiger partial charge in [0.2, 0.25) is 0 Å². The summed E-state index contributed by atoms with van der Waals surface area (Å²) in [7, 11) is 0. The Morgan fingerprint density at radius 1 is 0.960 bits per heavy atom. The lowest BCUT2D eigenvalue weighted by Crippen LogP contribution is -2.29. The van der Waals surface area contributed by atoms with Crippen molar-refractivity contribution < 1.29 is 9.59 Å². The van der Waals surface area contributed by atoms with Crippen LogP contribution < -0.4 is 0 Å². The van der Waals surface area contributed by atoms with Gasteiger partial charge < -0.3 is 0 Å². The Labute approximate surface area is 148 Å². The Balaban J connectivity index is 1.56. The fourth-order valence-corrected chi connectivity index (χ4v) is 3.67. The highest BCUT2D eigenvalue weighted by molar-refractivity contribution is 7.99. The monoisotopic (exact) mass is 350 g/mol. The van der Waals surface area contributed by atoms with Crippen LogP contribution in [0.4, 0.5) is 0 Å². The van der Waals surface area contributed by atoms with Crippen molar-refractivity contribution in [3.63, 3.8) is 0 Å². The van der Waals surface area contributed by atoms with Crippen molar-refractivity contribution in [2.75, 3.05) is 5.88 Å². The van der Waals surface area contributed by atoms with Gasteiger partial charge in [0, 0.05) is 0 Å².